The Labute approximate surface area is 159 Å². The Balaban J connectivity index is 1.57. The van der Waals surface area contributed by atoms with E-state index in [4.69, 9.17) is 4.98 Å². The number of hydrogen-bond donors (Lipinski definition) is 1. The molecule has 27 heavy (non-hydrogen) atoms. The maximum Gasteiger partial charge on any atom is 0.255 e. The van der Waals surface area contributed by atoms with Gasteiger partial charge in [-0.2, -0.15) is 0 Å². The van der Waals surface area contributed by atoms with Crippen LogP contribution in [0.15, 0.2) is 24.5 Å². The number of amides is 1. The molecule has 2 aliphatic rings. The summed E-state index contributed by atoms with van der Waals surface area (Å²) in [6.45, 7) is 2.41. The van der Waals surface area contributed by atoms with Gasteiger partial charge in [0.2, 0.25) is 5.95 Å². The Hall–Kier alpha value is -2.70. The number of rotatable bonds is 5. The smallest absolute Gasteiger partial charge is 0.255 e. The molecule has 3 heterocycles. The van der Waals surface area contributed by atoms with Gasteiger partial charge in [-0.15, -0.1) is 0 Å². The van der Waals surface area contributed by atoms with Crippen molar-refractivity contribution < 1.29 is 4.79 Å². The maximum atomic E-state index is 12.8. The third-order valence-electron chi connectivity index (χ3n) is 5.19. The molecule has 0 atom stereocenters. The first-order valence-electron chi connectivity index (χ1n) is 9.62. The Kier molecular flexibility index (Phi) is 4.92. The quantitative estimate of drug-likeness (QED) is 0.868. The summed E-state index contributed by atoms with van der Waals surface area (Å²) < 4.78 is 0. The molecule has 1 aliphatic carbocycles. The molecule has 0 unspecified atom stereocenters. The Morgan fingerprint density at radius 1 is 1.22 bits per heavy atom. The number of hydrogen-bond acceptors (Lipinski definition) is 6. The van der Waals surface area contributed by atoms with Gasteiger partial charge in [0.1, 0.15) is 5.82 Å². The Bertz CT molecular complexity index is 819. The molecule has 1 amide bonds. The fourth-order valence-corrected chi connectivity index (χ4v) is 3.44. The summed E-state index contributed by atoms with van der Waals surface area (Å²) in [5.41, 5.74) is 2.88. The van der Waals surface area contributed by atoms with Crippen molar-refractivity contribution in [2.45, 2.75) is 25.7 Å². The molecule has 0 spiro atoms. The zero-order valence-corrected chi connectivity index (χ0v) is 16.0. The molecule has 0 bridgehead atoms. The minimum atomic E-state index is -0.0200. The van der Waals surface area contributed by atoms with E-state index in [0.717, 1.165) is 55.5 Å². The van der Waals surface area contributed by atoms with Crippen LogP contribution in [0.4, 0.5) is 11.8 Å². The zero-order valence-electron chi connectivity index (χ0n) is 16.0. The van der Waals surface area contributed by atoms with E-state index in [2.05, 4.69) is 20.2 Å². The minimum absolute atomic E-state index is 0.0200. The van der Waals surface area contributed by atoms with Crippen molar-refractivity contribution in [1.82, 2.24) is 20.3 Å². The summed E-state index contributed by atoms with van der Waals surface area (Å²) >= 11 is 0. The summed E-state index contributed by atoms with van der Waals surface area (Å²) in [5.74, 6) is 2.13. The second-order valence-corrected chi connectivity index (χ2v) is 7.55. The zero-order chi connectivity index (χ0) is 18.8. The van der Waals surface area contributed by atoms with Crippen molar-refractivity contribution in [3.8, 4) is 0 Å². The summed E-state index contributed by atoms with van der Waals surface area (Å²) in [4.78, 5) is 30.5. The van der Waals surface area contributed by atoms with Crippen LogP contribution in [0, 0.1) is 5.92 Å². The summed E-state index contributed by atoms with van der Waals surface area (Å²) in [6.07, 6.45) is 7.63. The normalized spacial score (nSPS) is 16.4. The molecule has 7 nitrogen and oxygen atoms in total. The highest BCUT2D eigenvalue weighted by Gasteiger charge is 2.25. The van der Waals surface area contributed by atoms with E-state index in [-0.39, 0.29) is 5.91 Å². The number of pyridine rings is 1. The number of nitrogens with one attached hydrogen (secondary N) is 1. The van der Waals surface area contributed by atoms with E-state index in [9.17, 15) is 4.79 Å². The van der Waals surface area contributed by atoms with E-state index in [0.29, 0.717) is 11.5 Å². The monoisotopic (exact) mass is 366 g/mol. The number of carbonyl (C=O) groups excluding carboxylic acids is 1. The van der Waals surface area contributed by atoms with Crippen molar-refractivity contribution in [3.05, 3.63) is 41.3 Å². The second kappa shape index (κ2) is 7.50. The molecule has 1 fully saturated rings. The number of anilines is 2. The second-order valence-electron chi connectivity index (χ2n) is 7.55. The van der Waals surface area contributed by atoms with Gasteiger partial charge >= 0.3 is 0 Å². The molecule has 2 aromatic rings. The van der Waals surface area contributed by atoms with E-state index >= 15 is 0 Å². The Morgan fingerprint density at radius 3 is 2.67 bits per heavy atom. The highest BCUT2D eigenvalue weighted by Crippen LogP contribution is 2.28. The van der Waals surface area contributed by atoms with E-state index < -0.39 is 0 Å². The van der Waals surface area contributed by atoms with Crippen LogP contribution in [0.5, 0.6) is 0 Å². The number of aromatic nitrogens is 3. The van der Waals surface area contributed by atoms with Crippen molar-refractivity contribution in [1.29, 1.82) is 0 Å². The molecule has 0 saturated heterocycles. The highest BCUT2D eigenvalue weighted by molar-refractivity contribution is 5.99. The maximum absolute atomic E-state index is 12.8. The molecule has 4 rings (SSSR count). The van der Waals surface area contributed by atoms with Crippen LogP contribution in [0.25, 0.3) is 0 Å². The van der Waals surface area contributed by atoms with E-state index in [1.807, 2.05) is 31.1 Å². The van der Waals surface area contributed by atoms with Crippen LogP contribution in [0.1, 0.15) is 34.5 Å². The largest absolute Gasteiger partial charge is 0.362 e. The van der Waals surface area contributed by atoms with Gasteiger partial charge < -0.3 is 15.1 Å². The fraction of sp³-hybridized carbons (Fsp3) is 0.500. The van der Waals surface area contributed by atoms with Crippen molar-refractivity contribution >= 4 is 17.7 Å². The first kappa shape index (κ1) is 17.7. The van der Waals surface area contributed by atoms with Crippen LogP contribution in [-0.4, -0.2) is 54.6 Å². The first-order chi connectivity index (χ1) is 13.1. The standard InChI is InChI=1S/C20H26N6O/c1-25(2)18-16(19(27)23-13-14-4-5-14)12-15-6-10-26(11-7-17(15)24-18)20-21-8-3-9-22-20/h3,8-9,12,14H,4-7,10-11,13H2,1-2H3,(H,23,27). The van der Waals surface area contributed by atoms with Crippen molar-refractivity contribution in [2.24, 2.45) is 5.92 Å². The van der Waals surface area contributed by atoms with Crippen molar-refractivity contribution in [2.75, 3.05) is 43.5 Å². The topological polar surface area (TPSA) is 74.2 Å². The van der Waals surface area contributed by atoms with Gasteiger partial charge in [0.15, 0.2) is 0 Å². The molecule has 2 aromatic heterocycles. The third kappa shape index (κ3) is 4.02. The van der Waals surface area contributed by atoms with E-state index in [1.54, 1.807) is 12.4 Å². The van der Waals surface area contributed by atoms with Crippen LogP contribution in [-0.2, 0) is 12.8 Å². The summed E-state index contributed by atoms with van der Waals surface area (Å²) in [7, 11) is 3.88. The lowest BCUT2D eigenvalue weighted by molar-refractivity contribution is 0.0952. The average molecular weight is 366 g/mol. The number of carbonyl (C=O) groups is 1. The van der Waals surface area contributed by atoms with Gasteiger partial charge in [0.05, 0.1) is 5.56 Å². The summed E-state index contributed by atoms with van der Waals surface area (Å²) in [5, 5.41) is 3.08. The molecule has 0 radical (unpaired) electrons. The molecular weight excluding hydrogens is 340 g/mol. The molecule has 1 N–H and O–H groups in total. The fourth-order valence-electron chi connectivity index (χ4n) is 3.44. The van der Waals surface area contributed by atoms with Gasteiger partial charge in [-0.1, -0.05) is 0 Å². The molecule has 7 heteroatoms. The molecule has 142 valence electrons. The third-order valence-corrected chi connectivity index (χ3v) is 5.19. The van der Waals surface area contributed by atoms with Gasteiger partial charge in [-0.05, 0) is 42.9 Å². The van der Waals surface area contributed by atoms with Gasteiger partial charge in [-0.3, -0.25) is 4.79 Å². The van der Waals surface area contributed by atoms with Crippen LogP contribution >= 0.6 is 0 Å². The van der Waals surface area contributed by atoms with Crippen LogP contribution < -0.4 is 15.1 Å². The first-order valence-corrected chi connectivity index (χ1v) is 9.62. The van der Waals surface area contributed by atoms with Crippen molar-refractivity contribution in [3.63, 3.8) is 0 Å². The number of fused-ring (bicyclic) bond motifs is 1. The van der Waals surface area contributed by atoms with Gasteiger partial charge in [0.25, 0.3) is 5.91 Å². The molecular formula is C20H26N6O. The molecule has 1 aliphatic heterocycles. The molecule has 1 saturated carbocycles. The predicted molar refractivity (Wildman–Crippen MR) is 105 cm³/mol. The van der Waals surface area contributed by atoms with Crippen LogP contribution in [0.2, 0.25) is 0 Å². The predicted octanol–water partition coefficient (Wildman–Crippen LogP) is 1.68. The van der Waals surface area contributed by atoms with Crippen LogP contribution in [0.3, 0.4) is 0 Å². The summed E-state index contributed by atoms with van der Waals surface area (Å²) in [6, 6.07) is 3.86. The van der Waals surface area contributed by atoms with Gasteiger partial charge in [-0.25, -0.2) is 15.0 Å². The average Bonchev–Trinajstić information content (AvgIpc) is 3.52. The Morgan fingerprint density at radius 2 is 1.96 bits per heavy atom. The minimum Gasteiger partial charge on any atom is -0.362 e. The molecule has 0 aromatic carbocycles. The SMILES string of the molecule is CN(C)c1nc2c(cc1C(=O)NCC1CC1)CCN(c1ncccn1)CC2. The lowest BCUT2D eigenvalue weighted by atomic mass is 10.0. The lowest BCUT2D eigenvalue weighted by Gasteiger charge is -2.19. The van der Waals surface area contributed by atoms with Gasteiger partial charge in [0, 0.05) is 58.2 Å². The highest BCUT2D eigenvalue weighted by atomic mass is 16.1. The number of nitrogens with zero attached hydrogens (tertiary/aromatic N) is 5. The van der Waals surface area contributed by atoms with E-state index in [1.165, 1.54) is 12.8 Å². The lowest BCUT2D eigenvalue weighted by Crippen LogP contribution is -2.28.